The molecular weight excluding hydrogens is 294 g/mol. The highest BCUT2D eigenvalue weighted by Crippen LogP contribution is 2.23. The maximum Gasteiger partial charge on any atom is 0.330 e. The Balaban J connectivity index is 1.82. The van der Waals surface area contributed by atoms with Crippen LogP contribution in [0.3, 0.4) is 0 Å². The van der Waals surface area contributed by atoms with Crippen LogP contribution in [0.15, 0.2) is 42.5 Å². The molecule has 2 aromatic rings. The number of ether oxygens (including phenoxy) is 1. The third kappa shape index (κ3) is 3.35. The molecule has 2 aromatic carbocycles. The van der Waals surface area contributed by atoms with Crippen LogP contribution in [-0.2, 0) is 14.3 Å². The number of benzene rings is 2. The van der Waals surface area contributed by atoms with E-state index in [9.17, 15) is 14.7 Å². The van der Waals surface area contributed by atoms with Crippen molar-refractivity contribution in [3.8, 4) is 0 Å². The van der Waals surface area contributed by atoms with Gasteiger partial charge in [-0.2, -0.15) is 0 Å². The lowest BCUT2D eigenvalue weighted by Crippen LogP contribution is -2.40. The molecule has 1 amide bonds. The minimum Gasteiger partial charge on any atom is -0.479 e. The van der Waals surface area contributed by atoms with E-state index >= 15 is 0 Å². The summed E-state index contributed by atoms with van der Waals surface area (Å²) in [5, 5.41) is 14.1. The number of fused-ring (bicyclic) bond motifs is 1. The monoisotopic (exact) mass is 313 g/mol. The van der Waals surface area contributed by atoms with Crippen molar-refractivity contribution in [2.45, 2.75) is 38.0 Å². The Morgan fingerprint density at radius 3 is 2.57 bits per heavy atom. The Bertz CT molecular complexity index is 743. The zero-order chi connectivity index (χ0) is 16.4. The highest BCUT2D eigenvalue weighted by molar-refractivity contribution is 5.89. The molecule has 3 atom stereocenters. The van der Waals surface area contributed by atoms with Gasteiger partial charge in [0.1, 0.15) is 6.10 Å². The van der Waals surface area contributed by atoms with Gasteiger partial charge >= 0.3 is 5.97 Å². The van der Waals surface area contributed by atoms with Gasteiger partial charge in [-0.1, -0.05) is 36.4 Å². The summed E-state index contributed by atoms with van der Waals surface area (Å²) in [6.45, 7) is 1.91. The summed E-state index contributed by atoms with van der Waals surface area (Å²) in [6, 6.07) is 12.0. The number of carboxylic acids is 1. The minimum atomic E-state index is -1.08. The number of rotatable bonds is 4. The molecule has 1 fully saturated rings. The van der Waals surface area contributed by atoms with Crippen LogP contribution in [-0.4, -0.2) is 29.2 Å². The van der Waals surface area contributed by atoms with Gasteiger partial charge in [0, 0.05) is 0 Å². The quantitative estimate of drug-likeness (QED) is 0.910. The minimum absolute atomic E-state index is 0.0368. The largest absolute Gasteiger partial charge is 0.479 e. The van der Waals surface area contributed by atoms with Crippen LogP contribution in [0.2, 0.25) is 0 Å². The van der Waals surface area contributed by atoms with Crippen molar-refractivity contribution >= 4 is 22.6 Å². The molecule has 0 bridgehead atoms. The van der Waals surface area contributed by atoms with Crippen molar-refractivity contribution in [3.05, 3.63) is 48.0 Å². The van der Waals surface area contributed by atoms with Gasteiger partial charge in [-0.3, -0.25) is 4.79 Å². The maximum absolute atomic E-state index is 12.2. The molecule has 0 aliphatic carbocycles. The van der Waals surface area contributed by atoms with Crippen LogP contribution in [0.4, 0.5) is 0 Å². The van der Waals surface area contributed by atoms with Crippen LogP contribution in [0.25, 0.3) is 10.8 Å². The molecule has 1 heterocycles. The lowest BCUT2D eigenvalue weighted by molar-refractivity contribution is -0.144. The fourth-order valence-electron chi connectivity index (χ4n) is 2.91. The molecule has 1 saturated heterocycles. The fraction of sp³-hybridized carbons (Fsp3) is 0.333. The molecule has 5 nitrogen and oxygen atoms in total. The molecule has 1 aliphatic rings. The maximum atomic E-state index is 12.2. The lowest BCUT2D eigenvalue weighted by atomic mass is 10.0. The second kappa shape index (κ2) is 6.38. The Morgan fingerprint density at radius 2 is 1.91 bits per heavy atom. The van der Waals surface area contributed by atoms with Crippen LogP contribution >= 0.6 is 0 Å². The Labute approximate surface area is 134 Å². The summed E-state index contributed by atoms with van der Waals surface area (Å²) in [5.74, 6) is -1.45. The second-order valence-corrected chi connectivity index (χ2v) is 5.90. The van der Waals surface area contributed by atoms with Gasteiger partial charge < -0.3 is 15.2 Å². The number of aliphatic carboxylic acids is 1. The molecule has 120 valence electrons. The predicted molar refractivity (Wildman–Crippen MR) is 86.0 cm³/mol. The van der Waals surface area contributed by atoms with Gasteiger partial charge in [0.25, 0.3) is 0 Å². The van der Waals surface area contributed by atoms with Crippen LogP contribution in [0, 0.1) is 0 Å². The zero-order valence-electron chi connectivity index (χ0n) is 12.9. The first-order valence-corrected chi connectivity index (χ1v) is 7.72. The van der Waals surface area contributed by atoms with E-state index < -0.39 is 18.1 Å². The molecule has 3 unspecified atom stereocenters. The summed E-state index contributed by atoms with van der Waals surface area (Å²) >= 11 is 0. The smallest absolute Gasteiger partial charge is 0.330 e. The SMILES string of the molecule is CC1CCC(C(=O)NC(C(=O)O)c2ccc3ccccc3c2)O1. The summed E-state index contributed by atoms with van der Waals surface area (Å²) < 4.78 is 5.50. The fourth-order valence-corrected chi connectivity index (χ4v) is 2.91. The van der Waals surface area contributed by atoms with Gasteiger partial charge in [0.15, 0.2) is 6.04 Å². The van der Waals surface area contributed by atoms with E-state index in [0.717, 1.165) is 17.2 Å². The van der Waals surface area contributed by atoms with Gasteiger partial charge in [0.2, 0.25) is 5.91 Å². The summed E-state index contributed by atoms with van der Waals surface area (Å²) in [4.78, 5) is 23.8. The summed E-state index contributed by atoms with van der Waals surface area (Å²) in [7, 11) is 0. The predicted octanol–water partition coefficient (Wildman–Crippen LogP) is 2.65. The van der Waals surface area contributed by atoms with E-state index in [4.69, 9.17) is 4.74 Å². The molecule has 5 heteroatoms. The molecule has 23 heavy (non-hydrogen) atoms. The third-order valence-electron chi connectivity index (χ3n) is 4.16. The van der Waals surface area contributed by atoms with E-state index in [-0.39, 0.29) is 12.0 Å². The number of hydrogen-bond acceptors (Lipinski definition) is 3. The lowest BCUT2D eigenvalue weighted by Gasteiger charge is -2.18. The molecule has 0 saturated carbocycles. The van der Waals surface area contributed by atoms with Gasteiger partial charge in [-0.15, -0.1) is 0 Å². The zero-order valence-corrected chi connectivity index (χ0v) is 12.9. The van der Waals surface area contributed by atoms with Crippen molar-refractivity contribution < 1.29 is 19.4 Å². The molecule has 0 spiro atoms. The molecule has 1 aliphatic heterocycles. The average molecular weight is 313 g/mol. The first-order chi connectivity index (χ1) is 11.0. The van der Waals surface area contributed by atoms with Crippen molar-refractivity contribution in [1.82, 2.24) is 5.32 Å². The average Bonchev–Trinajstić information content (AvgIpc) is 2.98. The molecule has 3 rings (SSSR count). The summed E-state index contributed by atoms with van der Waals surface area (Å²) in [6.07, 6.45) is 0.907. The Hall–Kier alpha value is -2.40. The number of nitrogens with one attached hydrogen (secondary N) is 1. The topological polar surface area (TPSA) is 75.6 Å². The standard InChI is InChI=1S/C18H19NO4/c1-11-6-9-15(23-11)17(20)19-16(18(21)22)14-8-7-12-4-2-3-5-13(12)10-14/h2-5,7-8,10-11,15-16H,6,9H2,1H3,(H,19,20)(H,21,22). The molecule has 2 N–H and O–H groups in total. The Kier molecular flexibility index (Phi) is 4.30. The highest BCUT2D eigenvalue weighted by Gasteiger charge is 2.31. The highest BCUT2D eigenvalue weighted by atomic mass is 16.5. The van der Waals surface area contributed by atoms with Crippen LogP contribution < -0.4 is 5.32 Å². The first-order valence-electron chi connectivity index (χ1n) is 7.72. The molecule has 0 aromatic heterocycles. The van der Waals surface area contributed by atoms with Crippen LogP contribution in [0.5, 0.6) is 0 Å². The third-order valence-corrected chi connectivity index (χ3v) is 4.16. The van der Waals surface area contributed by atoms with E-state index in [1.54, 1.807) is 12.1 Å². The van der Waals surface area contributed by atoms with Crippen molar-refractivity contribution in [1.29, 1.82) is 0 Å². The van der Waals surface area contributed by atoms with Gasteiger partial charge in [-0.25, -0.2) is 4.79 Å². The number of carbonyl (C=O) groups excluding carboxylic acids is 1. The number of amides is 1. The van der Waals surface area contributed by atoms with Crippen molar-refractivity contribution in [2.75, 3.05) is 0 Å². The number of hydrogen-bond donors (Lipinski definition) is 2. The van der Waals surface area contributed by atoms with Gasteiger partial charge in [0.05, 0.1) is 6.10 Å². The molecular formula is C18H19NO4. The van der Waals surface area contributed by atoms with E-state index in [1.165, 1.54) is 0 Å². The summed E-state index contributed by atoms with van der Waals surface area (Å²) in [5.41, 5.74) is 0.551. The Morgan fingerprint density at radius 1 is 1.17 bits per heavy atom. The van der Waals surface area contributed by atoms with Crippen LogP contribution in [0.1, 0.15) is 31.4 Å². The number of carboxylic acid groups (broad SMARTS) is 1. The van der Waals surface area contributed by atoms with Gasteiger partial charge in [-0.05, 0) is 42.2 Å². The van der Waals surface area contributed by atoms with Crippen molar-refractivity contribution in [2.24, 2.45) is 0 Å². The number of carbonyl (C=O) groups is 2. The van der Waals surface area contributed by atoms with E-state index in [2.05, 4.69) is 5.32 Å². The van der Waals surface area contributed by atoms with E-state index in [1.807, 2.05) is 37.3 Å². The molecule has 0 radical (unpaired) electrons. The van der Waals surface area contributed by atoms with E-state index in [0.29, 0.717) is 12.0 Å². The first kappa shape index (κ1) is 15.5. The normalized spacial score (nSPS) is 22.0. The second-order valence-electron chi connectivity index (χ2n) is 5.90. The van der Waals surface area contributed by atoms with Crippen molar-refractivity contribution in [3.63, 3.8) is 0 Å².